The molecule has 1 amide bonds. The lowest BCUT2D eigenvalue weighted by Gasteiger charge is -2.06. The second-order valence-corrected chi connectivity index (χ2v) is 7.01. The van der Waals surface area contributed by atoms with Crippen LogP contribution in [0.5, 0.6) is 5.75 Å². The summed E-state index contributed by atoms with van der Waals surface area (Å²) in [7, 11) is 1.55. The molecule has 140 valence electrons. The van der Waals surface area contributed by atoms with Crippen molar-refractivity contribution in [3.63, 3.8) is 0 Å². The standard InChI is InChI=1S/C22H18N2O3S/c1-15-6-9-20(10-7-15)28-21-11-8-19(27-21)12-16(14-23)22(25)24-17-4-3-5-18(13-17)26-2/h3-13H,1-2H3,(H,24,25)/b16-12-. The van der Waals surface area contributed by atoms with Crippen LogP contribution in [-0.4, -0.2) is 13.0 Å². The minimum Gasteiger partial charge on any atom is -0.497 e. The summed E-state index contributed by atoms with van der Waals surface area (Å²) in [4.78, 5) is 13.4. The number of nitrogens with one attached hydrogen (secondary N) is 1. The molecule has 1 heterocycles. The monoisotopic (exact) mass is 390 g/mol. The van der Waals surface area contributed by atoms with E-state index in [9.17, 15) is 10.1 Å². The molecule has 0 unspecified atom stereocenters. The van der Waals surface area contributed by atoms with Gasteiger partial charge in [-0.2, -0.15) is 5.26 Å². The summed E-state index contributed by atoms with van der Waals surface area (Å²) in [6.07, 6.45) is 1.43. The Morgan fingerprint density at radius 1 is 1.18 bits per heavy atom. The zero-order chi connectivity index (χ0) is 19.9. The van der Waals surface area contributed by atoms with Gasteiger partial charge in [-0.05, 0) is 43.3 Å². The molecule has 3 rings (SSSR count). The van der Waals surface area contributed by atoms with Crippen molar-refractivity contribution in [1.29, 1.82) is 5.26 Å². The molecule has 0 saturated heterocycles. The third-order valence-corrected chi connectivity index (χ3v) is 4.75. The van der Waals surface area contributed by atoms with Crippen molar-refractivity contribution >= 4 is 29.4 Å². The Kier molecular flexibility index (Phi) is 6.20. The molecule has 0 saturated carbocycles. The summed E-state index contributed by atoms with van der Waals surface area (Å²) in [6.45, 7) is 2.03. The van der Waals surface area contributed by atoms with Gasteiger partial charge in [0.15, 0.2) is 5.09 Å². The Labute approximate surface area is 167 Å². The van der Waals surface area contributed by atoms with E-state index in [1.165, 1.54) is 23.4 Å². The van der Waals surface area contributed by atoms with Gasteiger partial charge in [0.05, 0.1) is 7.11 Å². The fraction of sp³-hybridized carbons (Fsp3) is 0.0909. The van der Waals surface area contributed by atoms with Crippen LogP contribution in [0.4, 0.5) is 5.69 Å². The van der Waals surface area contributed by atoms with E-state index >= 15 is 0 Å². The Morgan fingerprint density at radius 3 is 2.68 bits per heavy atom. The van der Waals surface area contributed by atoms with Crippen molar-refractivity contribution in [2.45, 2.75) is 16.9 Å². The van der Waals surface area contributed by atoms with E-state index in [2.05, 4.69) is 5.32 Å². The van der Waals surface area contributed by atoms with E-state index < -0.39 is 5.91 Å². The highest BCUT2D eigenvalue weighted by Crippen LogP contribution is 2.30. The molecule has 0 atom stereocenters. The largest absolute Gasteiger partial charge is 0.497 e. The first-order chi connectivity index (χ1) is 13.6. The zero-order valence-electron chi connectivity index (χ0n) is 15.4. The fourth-order valence-corrected chi connectivity index (χ4v) is 3.16. The highest BCUT2D eigenvalue weighted by atomic mass is 32.2. The third kappa shape index (κ3) is 5.06. The van der Waals surface area contributed by atoms with E-state index in [-0.39, 0.29) is 5.57 Å². The van der Waals surface area contributed by atoms with Crippen LogP contribution in [0.2, 0.25) is 0 Å². The number of rotatable bonds is 6. The summed E-state index contributed by atoms with van der Waals surface area (Å²) < 4.78 is 10.9. The molecule has 3 aromatic rings. The number of ether oxygens (including phenoxy) is 1. The smallest absolute Gasteiger partial charge is 0.266 e. The molecule has 0 radical (unpaired) electrons. The number of aryl methyl sites for hydroxylation is 1. The van der Waals surface area contributed by atoms with Gasteiger partial charge in [0, 0.05) is 22.7 Å². The van der Waals surface area contributed by atoms with Gasteiger partial charge in [0.2, 0.25) is 0 Å². The predicted molar refractivity (Wildman–Crippen MR) is 109 cm³/mol. The van der Waals surface area contributed by atoms with Crippen molar-refractivity contribution in [1.82, 2.24) is 0 Å². The second-order valence-electron chi connectivity index (χ2n) is 5.93. The van der Waals surface area contributed by atoms with Gasteiger partial charge in [-0.1, -0.05) is 35.5 Å². The number of nitriles is 1. The minimum absolute atomic E-state index is 0.0518. The first kappa shape index (κ1) is 19.3. The maximum Gasteiger partial charge on any atom is 0.266 e. The number of carbonyl (C=O) groups is 1. The van der Waals surface area contributed by atoms with Crippen LogP contribution < -0.4 is 10.1 Å². The number of hydrogen-bond donors (Lipinski definition) is 1. The number of nitrogens with zero attached hydrogens (tertiary/aromatic N) is 1. The number of methoxy groups -OCH3 is 1. The molecule has 1 N–H and O–H groups in total. The van der Waals surface area contributed by atoms with Gasteiger partial charge in [-0.3, -0.25) is 4.79 Å². The summed E-state index contributed by atoms with van der Waals surface area (Å²) in [5, 5.41) is 12.7. The number of hydrogen-bond acceptors (Lipinski definition) is 5. The number of carbonyl (C=O) groups excluding carboxylic acids is 1. The molecule has 6 heteroatoms. The fourth-order valence-electron chi connectivity index (χ4n) is 2.38. The molecule has 0 fully saturated rings. The van der Waals surface area contributed by atoms with E-state index in [4.69, 9.17) is 9.15 Å². The number of furan rings is 1. The molecule has 2 aromatic carbocycles. The van der Waals surface area contributed by atoms with Crippen LogP contribution >= 0.6 is 11.8 Å². The van der Waals surface area contributed by atoms with E-state index in [0.717, 1.165) is 4.90 Å². The molecular weight excluding hydrogens is 372 g/mol. The van der Waals surface area contributed by atoms with Crippen molar-refractivity contribution in [3.05, 3.63) is 77.6 Å². The average molecular weight is 390 g/mol. The van der Waals surface area contributed by atoms with Crippen molar-refractivity contribution in [3.8, 4) is 11.8 Å². The lowest BCUT2D eigenvalue weighted by Crippen LogP contribution is -2.13. The first-order valence-corrected chi connectivity index (χ1v) is 9.30. The lowest BCUT2D eigenvalue weighted by molar-refractivity contribution is -0.112. The molecular formula is C22H18N2O3S. The number of anilines is 1. The third-order valence-electron chi connectivity index (χ3n) is 3.82. The molecule has 0 bridgehead atoms. The lowest BCUT2D eigenvalue weighted by atomic mass is 10.2. The minimum atomic E-state index is -0.514. The maximum atomic E-state index is 12.4. The SMILES string of the molecule is COc1cccc(NC(=O)/C(C#N)=C\c2ccc(Sc3ccc(C)cc3)o2)c1. The molecule has 0 aliphatic heterocycles. The predicted octanol–water partition coefficient (Wildman–Crippen LogP) is 5.29. The summed E-state index contributed by atoms with van der Waals surface area (Å²) >= 11 is 1.47. The first-order valence-electron chi connectivity index (χ1n) is 8.49. The molecule has 0 aliphatic carbocycles. The van der Waals surface area contributed by atoms with Gasteiger partial charge in [0.1, 0.15) is 23.2 Å². The number of benzene rings is 2. The second kappa shape index (κ2) is 8.98. The summed E-state index contributed by atoms with van der Waals surface area (Å²) in [5.41, 5.74) is 1.68. The molecule has 0 spiro atoms. The zero-order valence-corrected chi connectivity index (χ0v) is 16.2. The van der Waals surface area contributed by atoms with Gasteiger partial charge < -0.3 is 14.5 Å². The Morgan fingerprint density at radius 2 is 1.96 bits per heavy atom. The number of amides is 1. The van der Waals surface area contributed by atoms with Gasteiger partial charge in [0.25, 0.3) is 5.91 Å². The molecule has 1 aromatic heterocycles. The van der Waals surface area contributed by atoms with Crippen LogP contribution in [0.15, 0.2) is 80.6 Å². The Bertz CT molecular complexity index is 1050. The normalized spacial score (nSPS) is 11.0. The van der Waals surface area contributed by atoms with Crippen LogP contribution in [0.3, 0.4) is 0 Å². The van der Waals surface area contributed by atoms with Crippen LogP contribution in [0.25, 0.3) is 6.08 Å². The van der Waals surface area contributed by atoms with Crippen LogP contribution in [0.1, 0.15) is 11.3 Å². The highest BCUT2D eigenvalue weighted by molar-refractivity contribution is 7.99. The van der Waals surface area contributed by atoms with Gasteiger partial charge in [-0.15, -0.1) is 0 Å². The maximum absolute atomic E-state index is 12.4. The highest BCUT2D eigenvalue weighted by Gasteiger charge is 2.12. The van der Waals surface area contributed by atoms with E-state index in [1.807, 2.05) is 43.3 Å². The van der Waals surface area contributed by atoms with Crippen molar-refractivity contribution in [2.75, 3.05) is 12.4 Å². The Hall–Kier alpha value is -3.43. The summed E-state index contributed by atoms with van der Waals surface area (Å²) in [5.74, 6) is 0.538. The summed E-state index contributed by atoms with van der Waals surface area (Å²) in [6, 6.07) is 20.5. The van der Waals surface area contributed by atoms with Crippen molar-refractivity contribution < 1.29 is 13.9 Å². The molecule has 0 aliphatic rings. The molecule has 28 heavy (non-hydrogen) atoms. The van der Waals surface area contributed by atoms with Crippen molar-refractivity contribution in [2.24, 2.45) is 0 Å². The van der Waals surface area contributed by atoms with E-state index in [0.29, 0.717) is 22.3 Å². The van der Waals surface area contributed by atoms with Gasteiger partial charge >= 0.3 is 0 Å². The quantitative estimate of drug-likeness (QED) is 0.457. The average Bonchev–Trinajstić information content (AvgIpc) is 3.15. The van der Waals surface area contributed by atoms with Crippen LogP contribution in [0, 0.1) is 18.3 Å². The van der Waals surface area contributed by atoms with Gasteiger partial charge in [-0.25, -0.2) is 0 Å². The molecule has 5 nitrogen and oxygen atoms in total. The Balaban J connectivity index is 1.71. The topological polar surface area (TPSA) is 75.3 Å². The van der Waals surface area contributed by atoms with E-state index in [1.54, 1.807) is 37.4 Å². The van der Waals surface area contributed by atoms with Crippen LogP contribution in [-0.2, 0) is 4.79 Å².